The summed E-state index contributed by atoms with van der Waals surface area (Å²) in [6, 6.07) is 0. The van der Waals surface area contributed by atoms with Gasteiger partial charge in [0.05, 0.1) is 0 Å². The Morgan fingerprint density at radius 2 is 1.10 bits per heavy atom. The van der Waals surface area contributed by atoms with Crippen LogP contribution < -0.4 is 0 Å². The normalized spacial score (nSPS) is 9.20. The maximum atomic E-state index is 3.70. The van der Waals surface area contributed by atoms with Gasteiger partial charge in [-0.2, -0.15) is 0 Å². The minimum absolute atomic E-state index is 0.878. The fourth-order valence-electron chi connectivity index (χ4n) is 0.350. The van der Waals surface area contributed by atoms with E-state index >= 15 is 0 Å². The number of hydrogen-bond donors (Lipinski definition) is 0. The molecule has 0 radical (unpaired) electrons. The van der Waals surface area contributed by atoms with Crippen molar-refractivity contribution in [3.05, 3.63) is 61.8 Å². The molecule has 0 aromatic heterocycles. The lowest BCUT2D eigenvalue weighted by Crippen LogP contribution is -1.66. The van der Waals surface area contributed by atoms with Crippen molar-refractivity contribution in [3.8, 4) is 0 Å². The second-order valence-corrected chi connectivity index (χ2v) is 1.89. The average Bonchev–Trinajstić information content (AvgIpc) is 1.99. The third kappa shape index (κ3) is 3.67. The van der Waals surface area contributed by atoms with Gasteiger partial charge in [-0.3, -0.25) is 0 Å². The topological polar surface area (TPSA) is 0 Å². The van der Waals surface area contributed by atoms with Crippen molar-refractivity contribution in [1.29, 1.82) is 0 Å². The van der Waals surface area contributed by atoms with Crippen molar-refractivity contribution >= 4 is 0 Å². The zero-order valence-corrected chi connectivity index (χ0v) is 6.14. The highest BCUT2D eigenvalue weighted by Gasteiger charge is 1.77. The fraction of sp³-hybridized carbons (Fsp3) is 0. The van der Waals surface area contributed by atoms with Gasteiger partial charge in [0.15, 0.2) is 0 Å². The quantitative estimate of drug-likeness (QED) is 0.516. The van der Waals surface area contributed by atoms with Gasteiger partial charge in [-0.25, -0.2) is 0 Å². The molecule has 0 rings (SSSR count). The van der Waals surface area contributed by atoms with E-state index in [-0.39, 0.29) is 0 Å². The summed E-state index contributed by atoms with van der Waals surface area (Å²) >= 11 is 0. The highest BCUT2D eigenvalue weighted by atomic mass is 13.8. The summed E-state index contributed by atoms with van der Waals surface area (Å²) in [4.78, 5) is 0. The van der Waals surface area contributed by atoms with E-state index in [2.05, 4.69) is 26.3 Å². The molecule has 0 nitrogen and oxygen atoms in total. The van der Waals surface area contributed by atoms with Crippen molar-refractivity contribution in [2.75, 3.05) is 0 Å². The lowest BCUT2D eigenvalue weighted by Gasteiger charge is -1.87. The Morgan fingerprint density at radius 1 is 0.800 bits per heavy atom. The van der Waals surface area contributed by atoms with E-state index < -0.39 is 0 Å². The van der Waals surface area contributed by atoms with E-state index in [0.29, 0.717) is 0 Å². The van der Waals surface area contributed by atoms with Gasteiger partial charge >= 0.3 is 0 Å². The average molecular weight is 132 g/mol. The van der Waals surface area contributed by atoms with Crippen molar-refractivity contribution in [2.24, 2.45) is 0 Å². The molecule has 0 aromatic rings. The van der Waals surface area contributed by atoms with Crippen LogP contribution in [-0.4, -0.2) is 0 Å². The predicted molar refractivity (Wildman–Crippen MR) is 47.8 cm³/mol. The monoisotopic (exact) mass is 132 g/mol. The number of allylic oxidation sites excluding steroid dienone is 6. The minimum Gasteiger partial charge on any atom is -0.0985 e. The van der Waals surface area contributed by atoms with Gasteiger partial charge in [0.1, 0.15) is 0 Å². The van der Waals surface area contributed by atoms with Crippen LogP contribution in [0.15, 0.2) is 61.8 Å². The molecule has 0 fully saturated rings. The largest absolute Gasteiger partial charge is 0.0985 e. The Balaban J connectivity index is 3.98. The molecule has 0 heterocycles. The molecular weight excluding hydrogens is 120 g/mol. The van der Waals surface area contributed by atoms with Crippen LogP contribution in [0.25, 0.3) is 0 Å². The zero-order chi connectivity index (χ0) is 7.98. The zero-order valence-electron chi connectivity index (χ0n) is 6.14. The lowest BCUT2D eigenvalue weighted by atomic mass is 10.2. The van der Waals surface area contributed by atoms with E-state index in [9.17, 15) is 0 Å². The molecule has 52 valence electrons. The second kappa shape index (κ2) is 4.57. The van der Waals surface area contributed by atoms with Crippen LogP contribution in [0.2, 0.25) is 0 Å². The van der Waals surface area contributed by atoms with Crippen molar-refractivity contribution in [3.63, 3.8) is 0 Å². The molecule has 0 saturated heterocycles. The molecule has 0 aliphatic rings. The van der Waals surface area contributed by atoms with Gasteiger partial charge in [0, 0.05) is 0 Å². The van der Waals surface area contributed by atoms with Crippen molar-refractivity contribution < 1.29 is 0 Å². The van der Waals surface area contributed by atoms with Crippen LogP contribution in [0.5, 0.6) is 0 Å². The number of rotatable bonds is 4. The molecule has 0 aliphatic heterocycles. The van der Waals surface area contributed by atoms with Gasteiger partial charge < -0.3 is 0 Å². The second-order valence-electron chi connectivity index (χ2n) is 1.89. The molecule has 0 unspecified atom stereocenters. The Morgan fingerprint density at radius 3 is 1.30 bits per heavy atom. The summed E-state index contributed by atoms with van der Waals surface area (Å²) in [6.45, 7) is 14.5. The van der Waals surface area contributed by atoms with Gasteiger partial charge in [-0.15, -0.1) is 0 Å². The van der Waals surface area contributed by atoms with Gasteiger partial charge in [-0.05, 0) is 11.1 Å². The molecule has 0 spiro atoms. The van der Waals surface area contributed by atoms with Crippen LogP contribution in [0, 0.1) is 0 Å². The van der Waals surface area contributed by atoms with E-state index in [0.717, 1.165) is 11.1 Å². The highest BCUT2D eigenvalue weighted by Crippen LogP contribution is 1.98. The molecule has 0 bridgehead atoms. The van der Waals surface area contributed by atoms with Crippen molar-refractivity contribution in [2.45, 2.75) is 0 Å². The Bertz CT molecular complexity index is 170. The lowest BCUT2D eigenvalue weighted by molar-refractivity contribution is 1.69. The molecule has 0 N–H and O–H groups in total. The smallest absolute Gasteiger partial charge is 0.0334 e. The van der Waals surface area contributed by atoms with E-state index in [1.807, 2.05) is 12.2 Å². The van der Waals surface area contributed by atoms with Gasteiger partial charge in [0.25, 0.3) is 0 Å². The first-order valence-electron chi connectivity index (χ1n) is 3.01. The van der Waals surface area contributed by atoms with Crippen molar-refractivity contribution in [1.82, 2.24) is 0 Å². The van der Waals surface area contributed by atoms with E-state index in [1.165, 1.54) is 0 Å². The highest BCUT2D eigenvalue weighted by molar-refractivity contribution is 5.34. The minimum atomic E-state index is 0.878. The molecule has 0 aliphatic carbocycles. The van der Waals surface area contributed by atoms with E-state index in [4.69, 9.17) is 0 Å². The first-order chi connectivity index (χ1) is 4.70. The summed E-state index contributed by atoms with van der Waals surface area (Å²) in [5.74, 6) is 0. The molecule has 0 aromatic carbocycles. The molecule has 0 heteroatoms. The van der Waals surface area contributed by atoms with Crippen LogP contribution in [0.4, 0.5) is 0 Å². The van der Waals surface area contributed by atoms with Crippen LogP contribution >= 0.6 is 0 Å². The number of hydrogen-bond acceptors (Lipinski definition) is 0. The van der Waals surface area contributed by atoms with Crippen LogP contribution in [-0.2, 0) is 0 Å². The molecule has 0 saturated carbocycles. The first kappa shape index (κ1) is 8.70. The summed E-state index contributed by atoms with van der Waals surface area (Å²) in [5.41, 5.74) is 1.76. The summed E-state index contributed by atoms with van der Waals surface area (Å²) in [7, 11) is 0. The van der Waals surface area contributed by atoms with Gasteiger partial charge in [0.2, 0.25) is 0 Å². The summed E-state index contributed by atoms with van der Waals surface area (Å²) in [6.07, 6.45) is 7.06. The van der Waals surface area contributed by atoms with Gasteiger partial charge in [-0.1, -0.05) is 50.6 Å². The molecular formula is C10H12. The third-order valence-corrected chi connectivity index (χ3v) is 1.04. The maximum Gasteiger partial charge on any atom is -0.0334 e. The third-order valence-electron chi connectivity index (χ3n) is 1.04. The van der Waals surface area contributed by atoms with Crippen LogP contribution in [0.3, 0.4) is 0 Å². The van der Waals surface area contributed by atoms with Crippen LogP contribution in [0.1, 0.15) is 0 Å². The SMILES string of the molecule is C=CC(=C)/C=C\C(=C)C=C. The predicted octanol–water partition coefficient (Wildman–Crippen LogP) is 3.03. The standard InChI is InChI=1S/C10H12/c1-5-9(3)7-8-10(4)6-2/h5-8H,1-4H2/b8-7-. The Kier molecular flexibility index (Phi) is 3.97. The maximum absolute atomic E-state index is 3.70. The fourth-order valence-corrected chi connectivity index (χ4v) is 0.350. The summed E-state index contributed by atoms with van der Waals surface area (Å²) < 4.78 is 0. The Hall–Kier alpha value is -1.30. The molecule has 10 heavy (non-hydrogen) atoms. The first-order valence-corrected chi connectivity index (χ1v) is 3.01. The van der Waals surface area contributed by atoms with E-state index in [1.54, 1.807) is 12.2 Å². The Labute approximate surface area is 62.6 Å². The summed E-state index contributed by atoms with van der Waals surface area (Å²) in [5, 5.41) is 0. The molecule has 0 amide bonds. The molecule has 0 atom stereocenters.